The molecule has 1 aliphatic rings. The van der Waals surface area contributed by atoms with Crippen LogP contribution in [-0.2, 0) is 28.7 Å². The maximum Gasteiger partial charge on any atom is 0.416 e. The van der Waals surface area contributed by atoms with E-state index in [-0.39, 0.29) is 25.2 Å². The van der Waals surface area contributed by atoms with E-state index in [0.717, 1.165) is 17.7 Å². The Morgan fingerprint density at radius 2 is 1.61 bits per heavy atom. The fourth-order valence-electron chi connectivity index (χ4n) is 4.57. The first-order valence-electron chi connectivity index (χ1n) is 13.4. The molecule has 2 amide bonds. The van der Waals surface area contributed by atoms with Gasteiger partial charge in [-0.15, -0.1) is 0 Å². The highest BCUT2D eigenvalue weighted by Crippen LogP contribution is 2.29. The van der Waals surface area contributed by atoms with Crippen molar-refractivity contribution < 1.29 is 37.0 Å². The van der Waals surface area contributed by atoms with E-state index in [4.69, 9.17) is 14.2 Å². The molecule has 0 bridgehead atoms. The van der Waals surface area contributed by atoms with E-state index in [1.807, 2.05) is 42.5 Å². The second-order valence-corrected chi connectivity index (χ2v) is 10.0. The molecule has 218 valence electrons. The Kier molecular flexibility index (Phi) is 9.42. The topological polar surface area (TPSA) is 77.1 Å². The van der Waals surface area contributed by atoms with E-state index < -0.39 is 23.3 Å². The van der Waals surface area contributed by atoms with Gasteiger partial charge in [0.25, 0.3) is 0 Å². The van der Waals surface area contributed by atoms with Crippen molar-refractivity contribution in [3.8, 4) is 11.5 Å². The van der Waals surface area contributed by atoms with Crippen molar-refractivity contribution in [3.63, 3.8) is 0 Å². The Morgan fingerprint density at radius 1 is 0.951 bits per heavy atom. The van der Waals surface area contributed by atoms with Crippen LogP contribution in [0.15, 0.2) is 78.9 Å². The van der Waals surface area contributed by atoms with Crippen molar-refractivity contribution in [2.75, 3.05) is 19.8 Å². The standard InChI is InChI=1S/C31H33F3N2O5/c1-3-39-28(37)30(2,41-27-7-5-4-6-8-27)19-22-11-15-26(16-12-22)40-18-17-25-21-36(29(38)35-25)20-23-9-13-24(14-10-23)31(32,33)34/h4-16,25H,3,17-21H2,1-2H3,(H,35,38)/t25-,30-/m0/s1. The van der Waals surface area contributed by atoms with Gasteiger partial charge in [0.05, 0.1) is 24.8 Å². The number of esters is 1. The average molecular weight is 571 g/mol. The highest BCUT2D eigenvalue weighted by atomic mass is 19.4. The molecule has 0 unspecified atom stereocenters. The van der Waals surface area contributed by atoms with E-state index in [1.54, 1.807) is 30.9 Å². The van der Waals surface area contributed by atoms with Crippen molar-refractivity contribution in [2.45, 2.75) is 51.1 Å². The molecule has 3 aromatic carbocycles. The minimum Gasteiger partial charge on any atom is -0.494 e. The number of carbonyl (C=O) groups is 2. The summed E-state index contributed by atoms with van der Waals surface area (Å²) in [5.41, 5.74) is -0.444. The number of carbonyl (C=O) groups excluding carboxylic acids is 2. The molecule has 1 aliphatic heterocycles. The summed E-state index contributed by atoms with van der Waals surface area (Å²) < 4.78 is 55.6. The highest BCUT2D eigenvalue weighted by Gasteiger charge is 2.38. The van der Waals surface area contributed by atoms with Gasteiger partial charge in [0, 0.05) is 25.9 Å². The van der Waals surface area contributed by atoms with Crippen LogP contribution < -0.4 is 14.8 Å². The smallest absolute Gasteiger partial charge is 0.416 e. The van der Waals surface area contributed by atoms with Crippen molar-refractivity contribution in [1.29, 1.82) is 0 Å². The lowest BCUT2D eigenvalue weighted by atomic mass is 9.96. The average Bonchev–Trinajstić information content (AvgIpc) is 3.28. The molecule has 41 heavy (non-hydrogen) atoms. The lowest BCUT2D eigenvalue weighted by Crippen LogP contribution is -2.45. The molecule has 1 fully saturated rings. The molecule has 0 saturated carbocycles. The predicted octanol–water partition coefficient (Wildman–Crippen LogP) is 6.01. The molecule has 1 N–H and O–H groups in total. The molecule has 0 spiro atoms. The Hall–Kier alpha value is -4.21. The summed E-state index contributed by atoms with van der Waals surface area (Å²) in [6, 6.07) is 20.9. The summed E-state index contributed by atoms with van der Waals surface area (Å²) >= 11 is 0. The van der Waals surface area contributed by atoms with Gasteiger partial charge in [0.2, 0.25) is 5.60 Å². The summed E-state index contributed by atoms with van der Waals surface area (Å²) in [4.78, 5) is 26.7. The summed E-state index contributed by atoms with van der Waals surface area (Å²) in [6.07, 6.45) is -3.54. The van der Waals surface area contributed by atoms with Crippen molar-refractivity contribution in [1.82, 2.24) is 10.2 Å². The third-order valence-electron chi connectivity index (χ3n) is 6.70. The SMILES string of the molecule is CCOC(=O)[C@](C)(Cc1ccc(OCC[C@H]2CN(Cc3ccc(C(F)(F)F)cc3)C(=O)N2)cc1)Oc1ccccc1. The predicted molar refractivity (Wildman–Crippen MR) is 147 cm³/mol. The second kappa shape index (κ2) is 13.0. The summed E-state index contributed by atoms with van der Waals surface area (Å²) in [7, 11) is 0. The van der Waals surface area contributed by atoms with Gasteiger partial charge in [-0.2, -0.15) is 13.2 Å². The van der Waals surface area contributed by atoms with Crippen LogP contribution in [0.1, 0.15) is 37.0 Å². The van der Waals surface area contributed by atoms with Gasteiger partial charge in [0.15, 0.2) is 0 Å². The number of hydrogen-bond acceptors (Lipinski definition) is 5. The molecule has 10 heteroatoms. The number of benzene rings is 3. The Balaban J connectivity index is 1.26. The molecule has 4 rings (SSSR count). The number of para-hydroxylation sites is 1. The van der Waals surface area contributed by atoms with Gasteiger partial charge >= 0.3 is 18.2 Å². The summed E-state index contributed by atoms with van der Waals surface area (Å²) in [5, 5.41) is 2.89. The van der Waals surface area contributed by atoms with Gasteiger partial charge < -0.3 is 24.4 Å². The molecular weight excluding hydrogens is 537 g/mol. The number of nitrogens with one attached hydrogen (secondary N) is 1. The van der Waals surface area contributed by atoms with Crippen LogP contribution in [0.2, 0.25) is 0 Å². The van der Waals surface area contributed by atoms with E-state index in [0.29, 0.717) is 43.1 Å². The Morgan fingerprint density at radius 3 is 2.24 bits per heavy atom. The first-order valence-corrected chi connectivity index (χ1v) is 13.4. The van der Waals surface area contributed by atoms with Crippen LogP contribution in [0.25, 0.3) is 0 Å². The van der Waals surface area contributed by atoms with E-state index in [9.17, 15) is 22.8 Å². The zero-order chi connectivity index (χ0) is 29.5. The van der Waals surface area contributed by atoms with Crippen LogP contribution in [0.4, 0.5) is 18.0 Å². The van der Waals surface area contributed by atoms with Crippen molar-refractivity contribution >= 4 is 12.0 Å². The van der Waals surface area contributed by atoms with E-state index in [2.05, 4.69) is 5.32 Å². The summed E-state index contributed by atoms with van der Waals surface area (Å²) in [5.74, 6) is 0.761. The Labute approximate surface area is 237 Å². The van der Waals surface area contributed by atoms with Crippen molar-refractivity contribution in [2.24, 2.45) is 0 Å². The second-order valence-electron chi connectivity index (χ2n) is 10.0. The fourth-order valence-corrected chi connectivity index (χ4v) is 4.57. The number of hydrogen-bond donors (Lipinski definition) is 1. The molecule has 7 nitrogen and oxygen atoms in total. The van der Waals surface area contributed by atoms with Gasteiger partial charge in [-0.05, 0) is 61.4 Å². The van der Waals surface area contributed by atoms with E-state index in [1.165, 1.54) is 12.1 Å². The van der Waals surface area contributed by atoms with Crippen LogP contribution >= 0.6 is 0 Å². The van der Waals surface area contributed by atoms with Crippen LogP contribution in [-0.4, -0.2) is 48.3 Å². The lowest BCUT2D eigenvalue weighted by molar-refractivity contribution is -0.160. The number of halogens is 3. The maximum absolute atomic E-state index is 12.8. The molecule has 0 radical (unpaired) electrons. The van der Waals surface area contributed by atoms with Crippen LogP contribution in [0.5, 0.6) is 11.5 Å². The van der Waals surface area contributed by atoms with Gasteiger partial charge in [0.1, 0.15) is 11.5 Å². The zero-order valence-corrected chi connectivity index (χ0v) is 22.9. The number of amides is 2. The van der Waals surface area contributed by atoms with Crippen molar-refractivity contribution in [3.05, 3.63) is 95.6 Å². The van der Waals surface area contributed by atoms with E-state index >= 15 is 0 Å². The third-order valence-corrected chi connectivity index (χ3v) is 6.70. The molecular formula is C31H33F3N2O5. The van der Waals surface area contributed by atoms with Gasteiger partial charge in [-0.1, -0.05) is 42.5 Å². The molecule has 0 aliphatic carbocycles. The van der Waals surface area contributed by atoms with Gasteiger partial charge in [-0.25, -0.2) is 9.59 Å². The van der Waals surface area contributed by atoms with Gasteiger partial charge in [-0.3, -0.25) is 0 Å². The molecule has 1 heterocycles. The quantitative estimate of drug-likeness (QED) is 0.270. The Bertz CT molecular complexity index is 1300. The number of urea groups is 1. The normalized spacial score (nSPS) is 16.6. The molecule has 3 aromatic rings. The zero-order valence-electron chi connectivity index (χ0n) is 22.9. The lowest BCUT2D eigenvalue weighted by Gasteiger charge is -2.28. The minimum atomic E-state index is -4.39. The number of rotatable bonds is 12. The maximum atomic E-state index is 12.8. The number of ether oxygens (including phenoxy) is 3. The third kappa shape index (κ3) is 8.15. The highest BCUT2D eigenvalue weighted by molar-refractivity contribution is 5.80. The number of nitrogens with zero attached hydrogens (tertiary/aromatic N) is 1. The summed E-state index contributed by atoms with van der Waals surface area (Å²) in [6.45, 7) is 4.71. The largest absolute Gasteiger partial charge is 0.494 e. The molecule has 0 aromatic heterocycles. The molecule has 1 saturated heterocycles. The number of alkyl halides is 3. The first kappa shape index (κ1) is 29.8. The monoisotopic (exact) mass is 570 g/mol. The molecule has 2 atom stereocenters. The van der Waals surface area contributed by atoms with Crippen LogP contribution in [0, 0.1) is 0 Å². The minimum absolute atomic E-state index is 0.142. The fraction of sp³-hybridized carbons (Fsp3) is 0.355. The van der Waals surface area contributed by atoms with Crippen LogP contribution in [0.3, 0.4) is 0 Å². The first-order chi connectivity index (χ1) is 19.6.